The van der Waals surface area contributed by atoms with Crippen molar-refractivity contribution in [1.82, 2.24) is 4.57 Å². The summed E-state index contributed by atoms with van der Waals surface area (Å²) in [7, 11) is 1.35. The number of carbonyl (C=O) groups excluding carboxylic acids is 1. The highest BCUT2D eigenvalue weighted by atomic mass is 19.1. The third kappa shape index (κ3) is 2.97. The molecule has 1 aromatic heterocycles. The Bertz CT molecular complexity index is 1100. The molecule has 160 valence electrons. The van der Waals surface area contributed by atoms with Crippen LogP contribution in [-0.4, -0.2) is 35.3 Å². The SMILES string of the molecule is CCOC(=O)c1cn(C2CC2)c2c(OC)c(C3(C(=O)O)CCCC3)c(F)cc2c1=O. The number of aromatic nitrogens is 1. The van der Waals surface area contributed by atoms with Crippen molar-refractivity contribution in [3.63, 3.8) is 0 Å². The molecular weight excluding hydrogens is 393 g/mol. The number of aliphatic carboxylic acids is 1. The van der Waals surface area contributed by atoms with E-state index in [1.165, 1.54) is 13.3 Å². The molecule has 0 spiro atoms. The Kier molecular flexibility index (Phi) is 5.03. The van der Waals surface area contributed by atoms with Crippen LogP contribution in [0.1, 0.15) is 67.4 Å². The summed E-state index contributed by atoms with van der Waals surface area (Å²) in [6.07, 6.45) is 5.05. The lowest BCUT2D eigenvalue weighted by atomic mass is 9.77. The topological polar surface area (TPSA) is 94.8 Å². The summed E-state index contributed by atoms with van der Waals surface area (Å²) < 4.78 is 27.7. The summed E-state index contributed by atoms with van der Waals surface area (Å²) in [5.74, 6) is -2.60. The van der Waals surface area contributed by atoms with Crippen LogP contribution in [0.2, 0.25) is 0 Å². The smallest absolute Gasteiger partial charge is 0.343 e. The van der Waals surface area contributed by atoms with Gasteiger partial charge in [-0.25, -0.2) is 9.18 Å². The second kappa shape index (κ2) is 7.41. The number of rotatable bonds is 6. The summed E-state index contributed by atoms with van der Waals surface area (Å²) in [6, 6.07) is 1.08. The van der Waals surface area contributed by atoms with E-state index in [0.29, 0.717) is 31.2 Å². The third-order valence-electron chi connectivity index (χ3n) is 6.21. The highest BCUT2D eigenvalue weighted by Crippen LogP contribution is 2.49. The fourth-order valence-electron chi connectivity index (χ4n) is 4.64. The quantitative estimate of drug-likeness (QED) is 0.723. The molecule has 7 nitrogen and oxygen atoms in total. The number of carboxylic acid groups (broad SMARTS) is 1. The first-order chi connectivity index (χ1) is 14.4. The van der Waals surface area contributed by atoms with E-state index in [2.05, 4.69) is 0 Å². The normalized spacial score (nSPS) is 17.8. The minimum Gasteiger partial charge on any atom is -0.494 e. The van der Waals surface area contributed by atoms with Gasteiger partial charge in [-0.2, -0.15) is 0 Å². The molecule has 0 bridgehead atoms. The number of pyridine rings is 1. The number of hydrogen-bond acceptors (Lipinski definition) is 5. The van der Waals surface area contributed by atoms with Crippen LogP contribution in [0, 0.1) is 5.82 Å². The van der Waals surface area contributed by atoms with Gasteiger partial charge in [-0.05, 0) is 38.7 Å². The number of fused-ring (bicyclic) bond motifs is 1. The Balaban J connectivity index is 2.09. The van der Waals surface area contributed by atoms with Crippen LogP contribution >= 0.6 is 0 Å². The number of halogens is 1. The van der Waals surface area contributed by atoms with E-state index >= 15 is 4.39 Å². The van der Waals surface area contributed by atoms with Crippen molar-refractivity contribution >= 4 is 22.8 Å². The van der Waals surface area contributed by atoms with Gasteiger partial charge in [0.05, 0.1) is 30.0 Å². The number of hydrogen-bond donors (Lipinski definition) is 1. The Labute approximate surface area is 172 Å². The zero-order chi connectivity index (χ0) is 21.6. The van der Waals surface area contributed by atoms with Gasteiger partial charge >= 0.3 is 11.9 Å². The Morgan fingerprint density at radius 2 is 1.97 bits per heavy atom. The maximum atomic E-state index is 15.4. The fraction of sp³-hybridized carbons (Fsp3) is 0.500. The zero-order valence-corrected chi connectivity index (χ0v) is 17.0. The van der Waals surface area contributed by atoms with Crippen LogP contribution in [0.4, 0.5) is 4.39 Å². The van der Waals surface area contributed by atoms with Crippen molar-refractivity contribution in [2.75, 3.05) is 13.7 Å². The second-order valence-corrected chi connectivity index (χ2v) is 7.99. The summed E-state index contributed by atoms with van der Waals surface area (Å²) in [4.78, 5) is 37.6. The molecule has 1 heterocycles. The summed E-state index contributed by atoms with van der Waals surface area (Å²) >= 11 is 0. The van der Waals surface area contributed by atoms with Crippen molar-refractivity contribution in [3.05, 3.63) is 39.4 Å². The predicted molar refractivity (Wildman–Crippen MR) is 107 cm³/mol. The lowest BCUT2D eigenvalue weighted by molar-refractivity contribution is -0.143. The van der Waals surface area contributed by atoms with E-state index in [9.17, 15) is 19.5 Å². The Hall–Kier alpha value is -2.90. The highest BCUT2D eigenvalue weighted by molar-refractivity contribution is 5.97. The average Bonchev–Trinajstić information content (AvgIpc) is 3.43. The zero-order valence-electron chi connectivity index (χ0n) is 17.0. The molecule has 8 heteroatoms. The number of carboxylic acids is 1. The molecular formula is C22H24FNO6. The summed E-state index contributed by atoms with van der Waals surface area (Å²) in [5, 5.41) is 9.99. The highest BCUT2D eigenvalue weighted by Gasteiger charge is 2.48. The maximum absolute atomic E-state index is 15.4. The Morgan fingerprint density at radius 1 is 1.30 bits per heavy atom. The van der Waals surface area contributed by atoms with Gasteiger partial charge in [0.1, 0.15) is 11.4 Å². The van der Waals surface area contributed by atoms with Crippen molar-refractivity contribution in [3.8, 4) is 5.75 Å². The van der Waals surface area contributed by atoms with Crippen molar-refractivity contribution < 1.29 is 28.6 Å². The van der Waals surface area contributed by atoms with E-state index < -0.39 is 28.6 Å². The number of methoxy groups -OCH3 is 1. The summed E-state index contributed by atoms with van der Waals surface area (Å²) in [6.45, 7) is 1.75. The molecule has 0 saturated heterocycles. The van der Waals surface area contributed by atoms with Gasteiger partial charge in [0.15, 0.2) is 5.75 Å². The van der Waals surface area contributed by atoms with Crippen molar-refractivity contribution in [2.24, 2.45) is 0 Å². The van der Waals surface area contributed by atoms with Gasteiger partial charge in [0.2, 0.25) is 5.43 Å². The molecule has 2 aromatic rings. The van der Waals surface area contributed by atoms with Gasteiger partial charge in [-0.15, -0.1) is 0 Å². The molecule has 0 amide bonds. The van der Waals surface area contributed by atoms with E-state index in [-0.39, 0.29) is 34.9 Å². The van der Waals surface area contributed by atoms with Crippen LogP contribution in [0.3, 0.4) is 0 Å². The number of benzene rings is 1. The van der Waals surface area contributed by atoms with E-state index in [4.69, 9.17) is 9.47 Å². The van der Waals surface area contributed by atoms with Gasteiger partial charge < -0.3 is 19.1 Å². The molecule has 0 aliphatic heterocycles. The molecule has 1 N–H and O–H groups in total. The van der Waals surface area contributed by atoms with E-state index in [1.54, 1.807) is 11.5 Å². The van der Waals surface area contributed by atoms with Gasteiger partial charge in [-0.1, -0.05) is 12.8 Å². The van der Waals surface area contributed by atoms with Gasteiger partial charge in [0, 0.05) is 17.8 Å². The standard InChI is InChI=1S/C22H24FNO6/c1-3-30-20(26)14-11-24(12-6-7-12)17-13(18(14)25)10-15(23)16(19(17)29-2)22(21(27)28)8-4-5-9-22/h10-12H,3-9H2,1-2H3,(H,27,28). The number of ether oxygens (including phenoxy) is 2. The summed E-state index contributed by atoms with van der Waals surface area (Å²) in [5.41, 5.74) is -1.89. The molecule has 2 aliphatic carbocycles. The van der Waals surface area contributed by atoms with Crippen molar-refractivity contribution in [1.29, 1.82) is 0 Å². The number of nitrogens with zero attached hydrogens (tertiary/aromatic N) is 1. The van der Waals surface area contributed by atoms with Gasteiger partial charge in [-0.3, -0.25) is 9.59 Å². The second-order valence-electron chi connectivity index (χ2n) is 7.99. The number of esters is 1. The molecule has 0 radical (unpaired) electrons. The predicted octanol–water partition coefficient (Wildman–Crippen LogP) is 3.56. The lowest BCUT2D eigenvalue weighted by Gasteiger charge is -2.28. The molecule has 1 aromatic carbocycles. The molecule has 2 fully saturated rings. The molecule has 2 saturated carbocycles. The molecule has 4 rings (SSSR count). The number of carbonyl (C=O) groups is 2. The van der Waals surface area contributed by atoms with Gasteiger partial charge in [0.25, 0.3) is 0 Å². The van der Waals surface area contributed by atoms with Crippen LogP contribution in [-0.2, 0) is 14.9 Å². The fourth-order valence-corrected chi connectivity index (χ4v) is 4.64. The first kappa shape index (κ1) is 20.4. The van der Waals surface area contributed by atoms with E-state index in [1.807, 2.05) is 0 Å². The molecule has 30 heavy (non-hydrogen) atoms. The Morgan fingerprint density at radius 3 is 2.50 bits per heavy atom. The molecule has 0 atom stereocenters. The van der Waals surface area contributed by atoms with Crippen LogP contribution < -0.4 is 10.2 Å². The van der Waals surface area contributed by atoms with Crippen LogP contribution in [0.15, 0.2) is 17.1 Å². The lowest BCUT2D eigenvalue weighted by Crippen LogP contribution is -2.34. The minimum atomic E-state index is -1.39. The monoisotopic (exact) mass is 417 g/mol. The third-order valence-corrected chi connectivity index (χ3v) is 6.21. The van der Waals surface area contributed by atoms with Crippen LogP contribution in [0.5, 0.6) is 5.75 Å². The van der Waals surface area contributed by atoms with E-state index in [0.717, 1.165) is 18.9 Å². The largest absolute Gasteiger partial charge is 0.494 e. The molecule has 0 unspecified atom stereocenters. The minimum absolute atomic E-state index is 0.0101. The molecule has 2 aliphatic rings. The van der Waals surface area contributed by atoms with Crippen molar-refractivity contribution in [2.45, 2.75) is 56.9 Å². The first-order valence-corrected chi connectivity index (χ1v) is 10.2. The first-order valence-electron chi connectivity index (χ1n) is 10.2. The average molecular weight is 417 g/mol. The maximum Gasteiger partial charge on any atom is 0.343 e. The van der Waals surface area contributed by atoms with Crippen LogP contribution in [0.25, 0.3) is 10.9 Å².